The molecule has 0 spiro atoms. The number of hydrogen-bond acceptors (Lipinski definition) is 3. The number of rotatable bonds is 9. The van der Waals surface area contributed by atoms with Crippen molar-refractivity contribution in [2.75, 3.05) is 20.4 Å². The van der Waals surface area contributed by atoms with Crippen LogP contribution in [0.25, 0.3) is 0 Å². The van der Waals surface area contributed by atoms with Gasteiger partial charge in [-0.15, -0.1) is 0 Å². The summed E-state index contributed by atoms with van der Waals surface area (Å²) < 4.78 is 22.9. The normalized spacial score (nSPS) is 11.1. The lowest BCUT2D eigenvalue weighted by Gasteiger charge is -2.28. The lowest BCUT2D eigenvalue weighted by atomic mass is 10.1. The van der Waals surface area contributed by atoms with E-state index in [4.69, 9.17) is 9.47 Å². The van der Waals surface area contributed by atoms with Gasteiger partial charge in [-0.25, -0.2) is 9.18 Å². The summed E-state index contributed by atoms with van der Waals surface area (Å²) in [5.74, 6) is 0.311. The van der Waals surface area contributed by atoms with Crippen LogP contribution in [0.5, 0.6) is 5.75 Å². The Bertz CT molecular complexity index is 1150. The van der Waals surface area contributed by atoms with E-state index in [1.165, 1.54) is 23.0 Å². The molecule has 0 saturated heterocycles. The summed E-state index contributed by atoms with van der Waals surface area (Å²) in [6.07, 6.45) is 0.785. The SMILES string of the molecule is COC(=O)c1ccc(C[P+](c2ccccc2)(c2ccccc2)c2ccc(OCCF)cc2)cc1. The maximum Gasteiger partial charge on any atom is 0.337 e. The molecule has 4 aromatic rings. The standard InChI is InChI=1S/C29H27FO3P/c1-32-29(31)24-14-12-23(13-15-24)22-34(26-8-4-2-5-9-26,27-10-6-3-7-11-27)28-18-16-25(17-19-28)33-21-20-30/h2-19H,20-22H2,1H3/q+1. The van der Waals surface area contributed by atoms with E-state index in [0.29, 0.717) is 11.3 Å². The Balaban J connectivity index is 1.86. The van der Waals surface area contributed by atoms with E-state index in [1.807, 2.05) is 48.5 Å². The molecule has 0 unspecified atom stereocenters. The quantitative estimate of drug-likeness (QED) is 0.244. The first-order valence-corrected chi connectivity index (χ1v) is 13.1. The second-order valence-electron chi connectivity index (χ2n) is 7.86. The first-order valence-electron chi connectivity index (χ1n) is 11.1. The summed E-state index contributed by atoms with van der Waals surface area (Å²) >= 11 is 0. The van der Waals surface area contributed by atoms with Crippen LogP contribution in [-0.2, 0) is 10.9 Å². The fraction of sp³-hybridized carbons (Fsp3) is 0.138. The van der Waals surface area contributed by atoms with Crippen molar-refractivity contribution in [1.29, 1.82) is 0 Å². The minimum Gasteiger partial charge on any atom is -0.491 e. The molecule has 172 valence electrons. The Morgan fingerprint density at radius 2 is 1.26 bits per heavy atom. The summed E-state index contributed by atoms with van der Waals surface area (Å²) in [5, 5.41) is 3.72. The topological polar surface area (TPSA) is 35.5 Å². The zero-order valence-electron chi connectivity index (χ0n) is 19.1. The van der Waals surface area contributed by atoms with Crippen molar-refractivity contribution in [1.82, 2.24) is 0 Å². The molecular weight excluding hydrogens is 446 g/mol. The molecule has 0 fully saturated rings. The van der Waals surface area contributed by atoms with E-state index in [2.05, 4.69) is 60.7 Å². The average molecular weight is 474 g/mol. The van der Waals surface area contributed by atoms with Gasteiger partial charge in [-0.3, -0.25) is 0 Å². The molecule has 5 heteroatoms. The van der Waals surface area contributed by atoms with Crippen molar-refractivity contribution in [3.8, 4) is 5.75 Å². The van der Waals surface area contributed by atoms with Crippen LogP contribution in [0.4, 0.5) is 4.39 Å². The number of halogens is 1. The van der Waals surface area contributed by atoms with Crippen molar-refractivity contribution < 1.29 is 18.7 Å². The monoisotopic (exact) mass is 473 g/mol. The average Bonchev–Trinajstić information content (AvgIpc) is 2.92. The van der Waals surface area contributed by atoms with E-state index in [9.17, 15) is 9.18 Å². The molecule has 0 bridgehead atoms. The number of esters is 1. The largest absolute Gasteiger partial charge is 0.491 e. The maximum absolute atomic E-state index is 12.6. The predicted molar refractivity (Wildman–Crippen MR) is 138 cm³/mol. The molecule has 0 radical (unpaired) electrons. The maximum atomic E-state index is 12.6. The summed E-state index contributed by atoms with van der Waals surface area (Å²) in [7, 11) is -0.725. The van der Waals surface area contributed by atoms with Crippen LogP contribution < -0.4 is 20.7 Å². The van der Waals surface area contributed by atoms with E-state index in [1.54, 1.807) is 0 Å². The third-order valence-electron chi connectivity index (χ3n) is 5.81. The van der Waals surface area contributed by atoms with Crippen molar-refractivity contribution in [2.24, 2.45) is 0 Å². The molecular formula is C29H27FO3P+. The molecule has 3 nitrogen and oxygen atoms in total. The number of alkyl halides is 1. The van der Waals surface area contributed by atoms with Crippen molar-refractivity contribution in [2.45, 2.75) is 6.16 Å². The van der Waals surface area contributed by atoms with Gasteiger partial charge in [0.2, 0.25) is 0 Å². The summed E-state index contributed by atoms with van der Waals surface area (Å²) in [6.45, 7) is -0.474. The Kier molecular flexibility index (Phi) is 7.72. The highest BCUT2D eigenvalue weighted by atomic mass is 31.2. The summed E-state index contributed by atoms with van der Waals surface area (Å²) in [5.41, 5.74) is 1.66. The van der Waals surface area contributed by atoms with Crippen LogP contribution in [0.15, 0.2) is 109 Å². The zero-order chi connectivity index (χ0) is 23.8. The molecule has 0 atom stereocenters. The fourth-order valence-electron chi connectivity index (χ4n) is 4.18. The lowest BCUT2D eigenvalue weighted by Crippen LogP contribution is -2.32. The molecule has 0 aromatic heterocycles. The second kappa shape index (κ2) is 11.1. The van der Waals surface area contributed by atoms with Crippen LogP contribution in [0.3, 0.4) is 0 Å². The molecule has 0 amide bonds. The molecule has 0 aliphatic heterocycles. The number of methoxy groups -OCH3 is 1. The zero-order valence-corrected chi connectivity index (χ0v) is 20.0. The minimum absolute atomic E-state index is 0.0452. The second-order valence-corrected chi connectivity index (χ2v) is 11.3. The van der Waals surface area contributed by atoms with Crippen LogP contribution in [-0.4, -0.2) is 26.4 Å². The highest BCUT2D eigenvalue weighted by Gasteiger charge is 2.45. The van der Waals surface area contributed by atoms with E-state index in [-0.39, 0.29) is 12.6 Å². The smallest absolute Gasteiger partial charge is 0.337 e. The van der Waals surface area contributed by atoms with Gasteiger partial charge in [-0.1, -0.05) is 48.5 Å². The Morgan fingerprint density at radius 3 is 1.76 bits per heavy atom. The Labute approximate surface area is 200 Å². The summed E-state index contributed by atoms with van der Waals surface area (Å²) in [6, 6.07) is 36.8. The summed E-state index contributed by atoms with van der Waals surface area (Å²) in [4.78, 5) is 11.9. The van der Waals surface area contributed by atoms with Gasteiger partial charge in [0.1, 0.15) is 42.2 Å². The van der Waals surface area contributed by atoms with Crippen molar-refractivity contribution in [3.05, 3.63) is 120 Å². The fourth-order valence-corrected chi connectivity index (χ4v) is 8.40. The Morgan fingerprint density at radius 1 is 0.735 bits per heavy atom. The van der Waals surface area contributed by atoms with Gasteiger partial charge in [0, 0.05) is 0 Å². The van der Waals surface area contributed by atoms with Gasteiger partial charge < -0.3 is 9.47 Å². The number of carbonyl (C=O) groups excluding carboxylic acids is 1. The van der Waals surface area contributed by atoms with Crippen LogP contribution in [0, 0.1) is 0 Å². The third-order valence-corrected chi connectivity index (χ3v) is 10.2. The van der Waals surface area contributed by atoms with Gasteiger partial charge in [0.25, 0.3) is 0 Å². The van der Waals surface area contributed by atoms with E-state index >= 15 is 0 Å². The van der Waals surface area contributed by atoms with Gasteiger partial charge in [0.15, 0.2) is 0 Å². The van der Waals surface area contributed by atoms with Crippen molar-refractivity contribution >= 4 is 29.1 Å². The van der Waals surface area contributed by atoms with Gasteiger partial charge in [0.05, 0.1) is 18.8 Å². The molecule has 0 aliphatic carbocycles. The molecule has 4 aromatic carbocycles. The molecule has 0 aliphatic rings. The van der Waals surface area contributed by atoms with Crippen LogP contribution in [0.2, 0.25) is 0 Å². The van der Waals surface area contributed by atoms with Gasteiger partial charge in [-0.2, -0.15) is 0 Å². The molecule has 0 saturated carbocycles. The first kappa shape index (κ1) is 23.7. The van der Waals surface area contributed by atoms with E-state index < -0.39 is 13.9 Å². The Hall–Kier alpha value is -3.49. The molecule has 4 rings (SSSR count). The highest BCUT2D eigenvalue weighted by molar-refractivity contribution is 7.95. The minimum atomic E-state index is -2.11. The highest BCUT2D eigenvalue weighted by Crippen LogP contribution is 2.58. The number of ether oxygens (including phenoxy) is 2. The lowest BCUT2D eigenvalue weighted by molar-refractivity contribution is 0.0600. The number of carbonyl (C=O) groups is 1. The molecule has 34 heavy (non-hydrogen) atoms. The predicted octanol–water partition coefficient (Wildman–Crippen LogP) is 5.32. The molecule has 0 heterocycles. The molecule has 0 N–H and O–H groups in total. The van der Waals surface area contributed by atoms with Crippen molar-refractivity contribution in [3.63, 3.8) is 0 Å². The van der Waals surface area contributed by atoms with E-state index in [0.717, 1.165) is 11.7 Å². The number of hydrogen-bond donors (Lipinski definition) is 0. The van der Waals surface area contributed by atoms with Crippen LogP contribution >= 0.6 is 7.26 Å². The number of benzene rings is 4. The van der Waals surface area contributed by atoms with Crippen LogP contribution in [0.1, 0.15) is 15.9 Å². The first-order chi connectivity index (χ1) is 16.7. The third kappa shape index (κ3) is 5.03. The van der Waals surface area contributed by atoms with Gasteiger partial charge in [-0.05, 0) is 66.2 Å². The van der Waals surface area contributed by atoms with Gasteiger partial charge >= 0.3 is 5.97 Å².